The van der Waals surface area contributed by atoms with Crippen LogP contribution in [-0.2, 0) is 23.8 Å². The maximum absolute atomic E-state index is 10.6. The second-order valence-electron chi connectivity index (χ2n) is 3.63. The van der Waals surface area contributed by atoms with Crippen LogP contribution in [0.2, 0.25) is 0 Å². The Morgan fingerprint density at radius 2 is 1.50 bits per heavy atom. The molecule has 0 spiro atoms. The van der Waals surface area contributed by atoms with Crippen molar-refractivity contribution in [3.05, 3.63) is 0 Å². The first kappa shape index (κ1) is 15.4. The van der Waals surface area contributed by atoms with Gasteiger partial charge < -0.3 is 4.74 Å². The summed E-state index contributed by atoms with van der Waals surface area (Å²) in [5.41, 5.74) is 0. The summed E-state index contributed by atoms with van der Waals surface area (Å²) in [6.45, 7) is 2.11. The van der Waals surface area contributed by atoms with Crippen molar-refractivity contribution in [1.29, 1.82) is 0 Å². The lowest BCUT2D eigenvalue weighted by molar-refractivity contribution is -0.141. The van der Waals surface area contributed by atoms with E-state index >= 15 is 0 Å². The van der Waals surface area contributed by atoms with Gasteiger partial charge in [-0.15, -0.1) is 0 Å². The minimum Gasteiger partial charge on any atom is -0.466 e. The van der Waals surface area contributed by atoms with Crippen LogP contribution in [-0.4, -0.2) is 33.9 Å². The summed E-state index contributed by atoms with van der Waals surface area (Å²) >= 11 is 0. The molecule has 0 saturated heterocycles. The molecule has 0 aromatic rings. The average molecular weight is 252 g/mol. The lowest BCUT2D eigenvalue weighted by Crippen LogP contribution is -2.04. The third kappa shape index (κ3) is 13.4. The molecule has 6 heteroatoms. The first-order valence-corrected chi connectivity index (χ1v) is 7.21. The largest absolute Gasteiger partial charge is 0.466 e. The van der Waals surface area contributed by atoms with Gasteiger partial charge >= 0.3 is 5.97 Å². The first-order valence-electron chi connectivity index (χ1n) is 5.39. The second-order valence-corrected chi connectivity index (χ2v) is 5.28. The van der Waals surface area contributed by atoms with E-state index in [0.717, 1.165) is 38.4 Å². The van der Waals surface area contributed by atoms with Gasteiger partial charge in [-0.25, -0.2) is 0 Å². The summed E-state index contributed by atoms with van der Waals surface area (Å²) in [7, 11) is -3.29. The molecule has 5 nitrogen and oxygen atoms in total. The molecule has 0 unspecified atom stereocenters. The van der Waals surface area contributed by atoms with Crippen molar-refractivity contribution in [2.75, 3.05) is 19.5 Å². The number of esters is 1. The van der Waals surface area contributed by atoms with E-state index in [0.29, 0.717) is 6.61 Å². The van der Waals surface area contributed by atoms with Crippen LogP contribution in [0.1, 0.15) is 39.0 Å². The Balaban J connectivity index is 3.13. The van der Waals surface area contributed by atoms with Gasteiger partial charge in [0.15, 0.2) is 0 Å². The predicted octanol–water partition coefficient (Wildman–Crippen LogP) is 1.48. The number of carbonyl (C=O) groups is 1. The van der Waals surface area contributed by atoms with Gasteiger partial charge in [0.2, 0.25) is 0 Å². The molecule has 16 heavy (non-hydrogen) atoms. The van der Waals surface area contributed by atoms with Crippen LogP contribution in [0.25, 0.3) is 0 Å². The molecule has 0 N–H and O–H groups in total. The van der Waals surface area contributed by atoms with Gasteiger partial charge in [-0.1, -0.05) is 19.3 Å². The maximum Gasteiger partial charge on any atom is 0.302 e. The highest BCUT2D eigenvalue weighted by Crippen LogP contribution is 2.04. The minimum atomic E-state index is -3.29. The Hall–Kier alpha value is -0.620. The van der Waals surface area contributed by atoms with Crippen molar-refractivity contribution in [2.24, 2.45) is 0 Å². The van der Waals surface area contributed by atoms with Crippen LogP contribution in [0.4, 0.5) is 0 Å². The SMILES string of the molecule is CC(=O)OCCCCCCCOS(C)(=O)=O. The Bertz CT molecular complexity index is 284. The highest BCUT2D eigenvalue weighted by atomic mass is 32.2. The maximum atomic E-state index is 10.6. The molecule has 0 aliphatic rings. The third-order valence-electron chi connectivity index (χ3n) is 1.89. The van der Waals surface area contributed by atoms with E-state index in [1.165, 1.54) is 6.92 Å². The van der Waals surface area contributed by atoms with Gasteiger partial charge in [-0.3, -0.25) is 8.98 Å². The summed E-state index contributed by atoms with van der Waals surface area (Å²) in [4.78, 5) is 10.4. The van der Waals surface area contributed by atoms with Crippen LogP contribution in [0.15, 0.2) is 0 Å². The van der Waals surface area contributed by atoms with Crippen molar-refractivity contribution in [3.63, 3.8) is 0 Å². The van der Waals surface area contributed by atoms with Gasteiger partial charge in [0, 0.05) is 6.92 Å². The van der Waals surface area contributed by atoms with E-state index in [1.54, 1.807) is 0 Å². The summed E-state index contributed by atoms with van der Waals surface area (Å²) in [6.07, 6.45) is 5.54. The van der Waals surface area contributed by atoms with Crippen LogP contribution >= 0.6 is 0 Å². The van der Waals surface area contributed by atoms with Gasteiger partial charge in [-0.2, -0.15) is 8.42 Å². The average Bonchev–Trinajstić information content (AvgIpc) is 2.13. The first-order chi connectivity index (χ1) is 7.42. The number of hydrogen-bond donors (Lipinski definition) is 0. The molecule has 0 saturated carbocycles. The minimum absolute atomic E-state index is 0.249. The molecule has 0 aliphatic heterocycles. The Morgan fingerprint density at radius 3 is 2.00 bits per heavy atom. The molecule has 0 amide bonds. The lowest BCUT2D eigenvalue weighted by Gasteiger charge is -2.02. The Kier molecular flexibility index (Phi) is 8.19. The fourth-order valence-corrected chi connectivity index (χ4v) is 1.58. The predicted molar refractivity (Wildman–Crippen MR) is 60.5 cm³/mol. The quantitative estimate of drug-likeness (QED) is 0.353. The van der Waals surface area contributed by atoms with Crippen molar-refractivity contribution < 1.29 is 22.1 Å². The van der Waals surface area contributed by atoms with Crippen molar-refractivity contribution in [1.82, 2.24) is 0 Å². The number of rotatable bonds is 9. The third-order valence-corrected chi connectivity index (χ3v) is 2.49. The summed E-state index contributed by atoms with van der Waals surface area (Å²) in [6, 6.07) is 0. The number of carbonyl (C=O) groups excluding carboxylic acids is 1. The molecule has 96 valence electrons. The van der Waals surface area contributed by atoms with Gasteiger partial charge in [0.1, 0.15) is 0 Å². The molecule has 0 aromatic carbocycles. The van der Waals surface area contributed by atoms with E-state index in [2.05, 4.69) is 4.18 Å². The summed E-state index contributed by atoms with van der Waals surface area (Å²) in [5.74, 6) is -0.249. The highest BCUT2D eigenvalue weighted by Gasteiger charge is 2.00. The fourth-order valence-electron chi connectivity index (χ4n) is 1.16. The molecule has 0 heterocycles. The number of ether oxygens (including phenoxy) is 1. The highest BCUT2D eigenvalue weighted by molar-refractivity contribution is 7.85. The molecule has 0 aromatic heterocycles. The monoisotopic (exact) mass is 252 g/mol. The molecule has 0 radical (unpaired) electrons. The molecule has 0 atom stereocenters. The van der Waals surface area contributed by atoms with Crippen LogP contribution < -0.4 is 0 Å². The van der Waals surface area contributed by atoms with Gasteiger partial charge in [0.25, 0.3) is 10.1 Å². The van der Waals surface area contributed by atoms with Crippen molar-refractivity contribution in [3.8, 4) is 0 Å². The van der Waals surface area contributed by atoms with Crippen molar-refractivity contribution in [2.45, 2.75) is 39.0 Å². The van der Waals surface area contributed by atoms with Crippen LogP contribution in [0, 0.1) is 0 Å². The normalized spacial score (nSPS) is 11.4. The number of hydrogen-bond acceptors (Lipinski definition) is 5. The zero-order chi connectivity index (χ0) is 12.4. The van der Waals surface area contributed by atoms with E-state index in [1.807, 2.05) is 0 Å². The smallest absolute Gasteiger partial charge is 0.302 e. The second kappa shape index (κ2) is 8.52. The lowest BCUT2D eigenvalue weighted by atomic mass is 10.1. The molecular formula is C10H20O5S. The Labute approximate surface area is 97.2 Å². The summed E-state index contributed by atoms with van der Waals surface area (Å²) in [5, 5.41) is 0. The molecule has 0 fully saturated rings. The zero-order valence-electron chi connectivity index (χ0n) is 9.90. The fraction of sp³-hybridized carbons (Fsp3) is 0.900. The summed E-state index contributed by atoms with van der Waals surface area (Å²) < 4.78 is 30.6. The van der Waals surface area contributed by atoms with E-state index in [4.69, 9.17) is 4.74 Å². The van der Waals surface area contributed by atoms with E-state index in [9.17, 15) is 13.2 Å². The van der Waals surface area contributed by atoms with Crippen LogP contribution in [0.3, 0.4) is 0 Å². The molecular weight excluding hydrogens is 232 g/mol. The number of unbranched alkanes of at least 4 members (excludes halogenated alkanes) is 4. The van der Waals surface area contributed by atoms with Crippen molar-refractivity contribution >= 4 is 16.1 Å². The Morgan fingerprint density at radius 1 is 1.00 bits per heavy atom. The zero-order valence-corrected chi connectivity index (χ0v) is 10.7. The van der Waals surface area contributed by atoms with Gasteiger partial charge in [0.05, 0.1) is 19.5 Å². The molecule has 0 aliphatic carbocycles. The van der Waals surface area contributed by atoms with E-state index in [-0.39, 0.29) is 12.6 Å². The molecule has 0 rings (SSSR count). The van der Waals surface area contributed by atoms with E-state index < -0.39 is 10.1 Å². The van der Waals surface area contributed by atoms with Crippen LogP contribution in [0.5, 0.6) is 0 Å². The van der Waals surface area contributed by atoms with Gasteiger partial charge in [-0.05, 0) is 12.8 Å². The topological polar surface area (TPSA) is 69.7 Å². The standard InChI is InChI=1S/C10H20O5S/c1-10(11)14-8-6-4-3-5-7-9-15-16(2,12)13/h3-9H2,1-2H3. The molecule has 0 bridgehead atoms.